The third kappa shape index (κ3) is 8.65. The normalized spacial score (nSPS) is 36.6. The highest BCUT2D eigenvalue weighted by molar-refractivity contribution is 4.91. The van der Waals surface area contributed by atoms with Gasteiger partial charge in [-0.15, -0.1) is 0 Å². The van der Waals surface area contributed by atoms with Crippen LogP contribution in [-0.2, 0) is 0 Å². The molecule has 0 radical (unpaired) electrons. The minimum atomic E-state index is -0.0582. The molecule has 0 saturated heterocycles. The molecule has 2 nitrogen and oxygen atoms in total. The molecule has 2 rings (SSSR count). The van der Waals surface area contributed by atoms with E-state index in [9.17, 15) is 10.2 Å². The molecule has 4 atom stereocenters. The molecule has 0 amide bonds. The highest BCUT2D eigenvalue weighted by Crippen LogP contribution is 2.46. The van der Waals surface area contributed by atoms with E-state index in [1.54, 1.807) is 0 Å². The number of aliphatic hydroxyl groups is 2. The Kier molecular flexibility index (Phi) is 13.1. The van der Waals surface area contributed by atoms with Crippen molar-refractivity contribution in [1.82, 2.24) is 0 Å². The molecule has 2 aliphatic rings. The lowest BCUT2D eigenvalue weighted by atomic mass is 9.64. The van der Waals surface area contributed by atoms with Gasteiger partial charge in [-0.05, 0) is 93.3 Å². The summed E-state index contributed by atoms with van der Waals surface area (Å²) in [6.07, 6.45) is 21.2. The van der Waals surface area contributed by atoms with E-state index in [4.69, 9.17) is 0 Å². The molecule has 2 aliphatic carbocycles. The molecule has 2 heteroatoms. The lowest BCUT2D eigenvalue weighted by Crippen LogP contribution is -2.40. The van der Waals surface area contributed by atoms with Crippen LogP contribution in [0.1, 0.15) is 137 Å². The van der Waals surface area contributed by atoms with E-state index in [-0.39, 0.29) is 12.2 Å². The summed E-state index contributed by atoms with van der Waals surface area (Å²) in [6.45, 7) is 9.12. The average Bonchev–Trinajstić information content (AvgIpc) is 2.77. The molecule has 184 valence electrons. The molecule has 0 aromatic carbocycles. The van der Waals surface area contributed by atoms with Gasteiger partial charge in [0.2, 0.25) is 0 Å². The summed E-state index contributed by atoms with van der Waals surface area (Å²) in [5.41, 5.74) is 0. The summed E-state index contributed by atoms with van der Waals surface area (Å²) >= 11 is 0. The Hall–Kier alpha value is -0.0800. The molecule has 0 spiro atoms. The predicted molar refractivity (Wildman–Crippen MR) is 134 cm³/mol. The second-order valence-electron chi connectivity index (χ2n) is 11.5. The van der Waals surface area contributed by atoms with Crippen molar-refractivity contribution in [3.05, 3.63) is 0 Å². The van der Waals surface area contributed by atoms with Crippen LogP contribution in [0.4, 0.5) is 0 Å². The van der Waals surface area contributed by atoms with E-state index < -0.39 is 0 Å². The van der Waals surface area contributed by atoms with Gasteiger partial charge in [0, 0.05) is 0 Å². The number of unbranched alkanes of at least 4 members (excludes halogenated alkanes) is 4. The Bertz CT molecular complexity index is 374. The SMILES string of the molecule is CCCCC1CC(CC2CC(CCCC)C(O)C(CCCC)C2)CC(CCCC)C1O. The van der Waals surface area contributed by atoms with Crippen LogP contribution >= 0.6 is 0 Å². The number of hydrogen-bond donors (Lipinski definition) is 2. The number of hydrogen-bond acceptors (Lipinski definition) is 2. The van der Waals surface area contributed by atoms with Crippen LogP contribution in [0.3, 0.4) is 0 Å². The van der Waals surface area contributed by atoms with Gasteiger partial charge >= 0.3 is 0 Å². The average molecular weight is 437 g/mol. The van der Waals surface area contributed by atoms with Crippen molar-refractivity contribution in [3.8, 4) is 0 Å². The van der Waals surface area contributed by atoms with Crippen LogP contribution in [0.5, 0.6) is 0 Å². The Balaban J connectivity index is 2.03. The lowest BCUT2D eigenvalue weighted by molar-refractivity contribution is -0.0360. The highest BCUT2D eigenvalue weighted by atomic mass is 16.3. The Morgan fingerprint density at radius 3 is 0.968 bits per heavy atom. The molecule has 2 N–H and O–H groups in total. The first-order chi connectivity index (χ1) is 15.0. The first kappa shape index (κ1) is 27.2. The van der Waals surface area contributed by atoms with Gasteiger partial charge in [0.05, 0.1) is 12.2 Å². The van der Waals surface area contributed by atoms with E-state index in [2.05, 4.69) is 27.7 Å². The van der Waals surface area contributed by atoms with E-state index >= 15 is 0 Å². The summed E-state index contributed by atoms with van der Waals surface area (Å²) in [5, 5.41) is 22.2. The quantitative estimate of drug-likeness (QED) is 0.288. The molecule has 0 aromatic heterocycles. The predicted octanol–water partition coefficient (Wildman–Crippen LogP) is 8.14. The molecule has 31 heavy (non-hydrogen) atoms. The first-order valence-electron chi connectivity index (χ1n) is 14.4. The van der Waals surface area contributed by atoms with Gasteiger partial charge in [-0.1, -0.05) is 79.1 Å². The van der Waals surface area contributed by atoms with Crippen molar-refractivity contribution < 1.29 is 10.2 Å². The van der Waals surface area contributed by atoms with E-state index in [1.807, 2.05) is 0 Å². The largest absolute Gasteiger partial charge is 0.393 e. The molecular formula is C29H56O2. The maximum Gasteiger partial charge on any atom is 0.0596 e. The minimum absolute atomic E-state index is 0.0582. The van der Waals surface area contributed by atoms with Gasteiger partial charge in [0.25, 0.3) is 0 Å². The van der Waals surface area contributed by atoms with Crippen molar-refractivity contribution in [2.24, 2.45) is 35.5 Å². The van der Waals surface area contributed by atoms with Crippen molar-refractivity contribution in [2.45, 2.75) is 149 Å². The third-order valence-electron chi connectivity index (χ3n) is 8.86. The van der Waals surface area contributed by atoms with Crippen LogP contribution in [-0.4, -0.2) is 22.4 Å². The Labute approximate surface area is 195 Å². The van der Waals surface area contributed by atoms with Gasteiger partial charge in [-0.25, -0.2) is 0 Å². The summed E-state index contributed by atoms with van der Waals surface area (Å²) in [5.74, 6) is 3.71. The monoisotopic (exact) mass is 436 g/mol. The van der Waals surface area contributed by atoms with Gasteiger partial charge in [0.15, 0.2) is 0 Å². The van der Waals surface area contributed by atoms with Gasteiger partial charge in [-0.3, -0.25) is 0 Å². The Morgan fingerprint density at radius 1 is 0.484 bits per heavy atom. The van der Waals surface area contributed by atoms with Crippen LogP contribution in [0.15, 0.2) is 0 Å². The number of aliphatic hydroxyl groups excluding tert-OH is 2. The van der Waals surface area contributed by atoms with Crippen LogP contribution < -0.4 is 0 Å². The molecule has 0 heterocycles. The maximum atomic E-state index is 11.1. The molecular weight excluding hydrogens is 380 g/mol. The van der Waals surface area contributed by atoms with Crippen molar-refractivity contribution in [1.29, 1.82) is 0 Å². The molecule has 4 unspecified atom stereocenters. The zero-order chi connectivity index (χ0) is 22.6. The third-order valence-corrected chi connectivity index (χ3v) is 8.86. The molecule has 2 saturated carbocycles. The van der Waals surface area contributed by atoms with Crippen LogP contribution in [0, 0.1) is 35.5 Å². The maximum absolute atomic E-state index is 11.1. The molecule has 0 aliphatic heterocycles. The van der Waals surface area contributed by atoms with Crippen molar-refractivity contribution in [3.63, 3.8) is 0 Å². The first-order valence-corrected chi connectivity index (χ1v) is 14.4. The number of rotatable bonds is 14. The van der Waals surface area contributed by atoms with Gasteiger partial charge in [0.1, 0.15) is 0 Å². The zero-order valence-corrected chi connectivity index (χ0v) is 21.5. The summed E-state index contributed by atoms with van der Waals surface area (Å²) in [7, 11) is 0. The molecule has 0 bridgehead atoms. The van der Waals surface area contributed by atoms with Crippen LogP contribution in [0.25, 0.3) is 0 Å². The standard InChI is InChI=1S/C29H56O2/c1-5-9-13-24-18-22(19-25(28(24)30)14-10-6-2)17-23-20-26(15-11-7-3)29(31)27(21-23)16-12-8-4/h22-31H,5-21H2,1-4H3. The fraction of sp³-hybridized carbons (Fsp3) is 1.00. The van der Waals surface area contributed by atoms with Gasteiger partial charge < -0.3 is 10.2 Å². The van der Waals surface area contributed by atoms with Crippen molar-refractivity contribution >= 4 is 0 Å². The molecule has 2 fully saturated rings. The summed E-state index contributed by atoms with van der Waals surface area (Å²) in [6, 6.07) is 0. The lowest BCUT2D eigenvalue weighted by Gasteiger charge is -2.44. The summed E-state index contributed by atoms with van der Waals surface area (Å²) < 4.78 is 0. The second kappa shape index (κ2) is 14.9. The Morgan fingerprint density at radius 2 is 0.742 bits per heavy atom. The minimum Gasteiger partial charge on any atom is -0.393 e. The van der Waals surface area contributed by atoms with Gasteiger partial charge in [-0.2, -0.15) is 0 Å². The highest BCUT2D eigenvalue weighted by Gasteiger charge is 2.40. The van der Waals surface area contributed by atoms with Crippen LogP contribution in [0.2, 0.25) is 0 Å². The second-order valence-corrected chi connectivity index (χ2v) is 11.5. The summed E-state index contributed by atoms with van der Waals surface area (Å²) in [4.78, 5) is 0. The van der Waals surface area contributed by atoms with E-state index in [1.165, 1.54) is 109 Å². The van der Waals surface area contributed by atoms with Crippen molar-refractivity contribution in [2.75, 3.05) is 0 Å². The molecule has 0 aromatic rings. The fourth-order valence-electron chi connectivity index (χ4n) is 7.11. The van der Waals surface area contributed by atoms with E-state index in [0.29, 0.717) is 23.7 Å². The fourth-order valence-corrected chi connectivity index (χ4v) is 7.11. The topological polar surface area (TPSA) is 40.5 Å². The zero-order valence-electron chi connectivity index (χ0n) is 21.5. The van der Waals surface area contributed by atoms with E-state index in [0.717, 1.165) is 11.8 Å². The smallest absolute Gasteiger partial charge is 0.0596 e.